The molecule has 0 aliphatic heterocycles. The van der Waals surface area contributed by atoms with Gasteiger partial charge in [0.1, 0.15) is 12.4 Å². The molecule has 0 fully saturated rings. The van der Waals surface area contributed by atoms with Crippen molar-refractivity contribution in [2.75, 3.05) is 37.0 Å². The molecule has 0 aliphatic rings. The van der Waals surface area contributed by atoms with Crippen molar-refractivity contribution in [2.24, 2.45) is 5.73 Å². The zero-order valence-corrected chi connectivity index (χ0v) is 15.0. The number of anilines is 2. The van der Waals surface area contributed by atoms with Crippen LogP contribution < -0.4 is 21.1 Å². The van der Waals surface area contributed by atoms with E-state index < -0.39 is 0 Å². The van der Waals surface area contributed by atoms with Crippen LogP contribution in [0.2, 0.25) is 0 Å². The van der Waals surface area contributed by atoms with Crippen LogP contribution in [0.15, 0.2) is 66.7 Å². The van der Waals surface area contributed by atoms with Crippen molar-refractivity contribution in [2.45, 2.75) is 0 Å². The van der Waals surface area contributed by atoms with E-state index in [4.69, 9.17) is 15.2 Å². The van der Waals surface area contributed by atoms with Crippen LogP contribution in [0.4, 0.5) is 16.2 Å². The fourth-order valence-corrected chi connectivity index (χ4v) is 2.63. The van der Waals surface area contributed by atoms with Crippen molar-refractivity contribution in [1.29, 1.82) is 0 Å². The molecule has 0 aromatic heterocycles. The first-order valence-corrected chi connectivity index (χ1v) is 8.82. The predicted octanol–water partition coefficient (Wildman–Crippen LogP) is 3.84. The molecule has 3 aromatic carbocycles. The van der Waals surface area contributed by atoms with Gasteiger partial charge >= 0.3 is 6.03 Å². The van der Waals surface area contributed by atoms with Gasteiger partial charge in [-0.1, -0.05) is 36.4 Å². The Morgan fingerprint density at radius 1 is 0.815 bits per heavy atom. The first-order chi connectivity index (χ1) is 13.2. The van der Waals surface area contributed by atoms with Crippen LogP contribution in [-0.4, -0.2) is 32.4 Å². The van der Waals surface area contributed by atoms with Crippen molar-refractivity contribution in [3.05, 3.63) is 66.7 Å². The van der Waals surface area contributed by atoms with Gasteiger partial charge in [-0.3, -0.25) is 0 Å². The number of carbonyl (C=O) groups is 1. The fourth-order valence-electron chi connectivity index (χ4n) is 2.63. The van der Waals surface area contributed by atoms with Crippen LogP contribution in [0.5, 0.6) is 5.75 Å². The lowest BCUT2D eigenvalue weighted by molar-refractivity contribution is 0.106. The molecule has 2 amide bonds. The van der Waals surface area contributed by atoms with Gasteiger partial charge in [0.15, 0.2) is 0 Å². The third-order valence-electron chi connectivity index (χ3n) is 3.86. The van der Waals surface area contributed by atoms with Gasteiger partial charge in [-0.2, -0.15) is 0 Å². The highest BCUT2D eigenvalue weighted by Gasteiger charge is 2.05. The maximum Gasteiger partial charge on any atom is 0.323 e. The van der Waals surface area contributed by atoms with E-state index >= 15 is 0 Å². The normalized spacial score (nSPS) is 10.6. The Morgan fingerprint density at radius 2 is 1.59 bits per heavy atom. The second-order valence-electron chi connectivity index (χ2n) is 5.92. The molecule has 0 heterocycles. The van der Waals surface area contributed by atoms with Gasteiger partial charge in [0.05, 0.1) is 13.2 Å². The first-order valence-electron chi connectivity index (χ1n) is 8.82. The van der Waals surface area contributed by atoms with Gasteiger partial charge in [0.2, 0.25) is 0 Å². The molecule has 6 nitrogen and oxygen atoms in total. The van der Waals surface area contributed by atoms with E-state index in [1.54, 1.807) is 12.1 Å². The van der Waals surface area contributed by atoms with Gasteiger partial charge in [-0.25, -0.2) is 4.79 Å². The Hall–Kier alpha value is -3.09. The van der Waals surface area contributed by atoms with Crippen molar-refractivity contribution in [1.82, 2.24) is 0 Å². The molecule has 0 atom stereocenters. The highest BCUT2D eigenvalue weighted by Crippen LogP contribution is 2.20. The van der Waals surface area contributed by atoms with Crippen LogP contribution in [0, 0.1) is 0 Å². The number of fused-ring (bicyclic) bond motifs is 1. The SMILES string of the molecule is NCCOCCOc1cccc(NC(=O)Nc2ccc3ccccc3c2)c1. The molecule has 0 saturated heterocycles. The van der Waals surface area contributed by atoms with Crippen molar-refractivity contribution < 1.29 is 14.3 Å². The molecule has 140 valence electrons. The molecule has 0 bridgehead atoms. The number of urea groups is 1. The molecule has 3 rings (SSSR count). The molecular formula is C21H23N3O3. The van der Waals surface area contributed by atoms with E-state index in [-0.39, 0.29) is 6.03 Å². The van der Waals surface area contributed by atoms with E-state index in [0.717, 1.165) is 16.5 Å². The van der Waals surface area contributed by atoms with Crippen LogP contribution >= 0.6 is 0 Å². The summed E-state index contributed by atoms with van der Waals surface area (Å²) in [5, 5.41) is 7.86. The number of amides is 2. The zero-order chi connectivity index (χ0) is 18.9. The number of nitrogens with two attached hydrogens (primary N) is 1. The Morgan fingerprint density at radius 3 is 2.41 bits per heavy atom. The van der Waals surface area contributed by atoms with Gasteiger partial charge in [-0.05, 0) is 35.0 Å². The van der Waals surface area contributed by atoms with Crippen LogP contribution in [0.3, 0.4) is 0 Å². The van der Waals surface area contributed by atoms with Crippen LogP contribution in [-0.2, 0) is 4.74 Å². The lowest BCUT2D eigenvalue weighted by atomic mass is 10.1. The number of hydrogen-bond donors (Lipinski definition) is 3. The standard InChI is InChI=1S/C21H23N3O3/c22-10-11-26-12-13-27-20-7-3-6-18(15-20)23-21(25)24-19-9-8-16-4-1-2-5-17(16)14-19/h1-9,14-15H,10-13,22H2,(H2,23,24,25). The summed E-state index contributed by atoms with van der Waals surface area (Å²) >= 11 is 0. The monoisotopic (exact) mass is 365 g/mol. The summed E-state index contributed by atoms with van der Waals surface area (Å²) in [6.07, 6.45) is 0. The third-order valence-corrected chi connectivity index (χ3v) is 3.86. The topological polar surface area (TPSA) is 85.6 Å². The summed E-state index contributed by atoms with van der Waals surface area (Å²) < 4.78 is 10.9. The highest BCUT2D eigenvalue weighted by molar-refractivity contribution is 6.01. The molecule has 3 aromatic rings. The number of benzene rings is 3. The number of nitrogens with one attached hydrogen (secondary N) is 2. The Labute approximate surface area is 158 Å². The molecule has 0 spiro atoms. The molecule has 4 N–H and O–H groups in total. The lowest BCUT2D eigenvalue weighted by Crippen LogP contribution is -2.19. The van der Waals surface area contributed by atoms with E-state index in [0.29, 0.717) is 37.8 Å². The molecule has 0 saturated carbocycles. The quantitative estimate of drug-likeness (QED) is 0.530. The summed E-state index contributed by atoms with van der Waals surface area (Å²) in [6, 6.07) is 20.7. The Bertz CT molecular complexity index is 898. The lowest BCUT2D eigenvalue weighted by Gasteiger charge is -2.11. The fraction of sp³-hybridized carbons (Fsp3) is 0.190. The van der Waals surface area contributed by atoms with E-state index in [1.165, 1.54) is 0 Å². The van der Waals surface area contributed by atoms with E-state index in [2.05, 4.69) is 10.6 Å². The maximum absolute atomic E-state index is 12.3. The average molecular weight is 365 g/mol. The summed E-state index contributed by atoms with van der Waals surface area (Å²) in [7, 11) is 0. The van der Waals surface area contributed by atoms with Gasteiger partial charge in [0, 0.05) is 24.0 Å². The van der Waals surface area contributed by atoms with Crippen molar-refractivity contribution in [3.63, 3.8) is 0 Å². The van der Waals surface area contributed by atoms with Crippen LogP contribution in [0.1, 0.15) is 0 Å². The van der Waals surface area contributed by atoms with Gasteiger partial charge in [0.25, 0.3) is 0 Å². The maximum atomic E-state index is 12.3. The highest BCUT2D eigenvalue weighted by atomic mass is 16.5. The minimum atomic E-state index is -0.311. The summed E-state index contributed by atoms with van der Waals surface area (Å²) in [5.41, 5.74) is 6.74. The smallest absolute Gasteiger partial charge is 0.323 e. The summed E-state index contributed by atoms with van der Waals surface area (Å²) in [6.45, 7) is 1.90. The minimum Gasteiger partial charge on any atom is -0.491 e. The van der Waals surface area contributed by atoms with Crippen molar-refractivity contribution >= 4 is 28.2 Å². The predicted molar refractivity (Wildman–Crippen MR) is 108 cm³/mol. The van der Waals surface area contributed by atoms with Crippen LogP contribution in [0.25, 0.3) is 10.8 Å². The summed E-state index contributed by atoms with van der Waals surface area (Å²) in [5.74, 6) is 0.662. The molecule has 0 radical (unpaired) electrons. The van der Waals surface area contributed by atoms with Gasteiger partial charge < -0.3 is 25.8 Å². The Kier molecular flexibility index (Phi) is 6.62. The number of hydrogen-bond acceptors (Lipinski definition) is 4. The van der Waals surface area contributed by atoms with E-state index in [9.17, 15) is 4.79 Å². The second-order valence-corrected chi connectivity index (χ2v) is 5.92. The summed E-state index contributed by atoms with van der Waals surface area (Å²) in [4.78, 5) is 12.3. The van der Waals surface area contributed by atoms with Crippen molar-refractivity contribution in [3.8, 4) is 5.75 Å². The van der Waals surface area contributed by atoms with Gasteiger partial charge in [-0.15, -0.1) is 0 Å². The number of carbonyl (C=O) groups excluding carboxylic acids is 1. The second kappa shape index (κ2) is 9.56. The zero-order valence-electron chi connectivity index (χ0n) is 15.0. The number of rotatable bonds is 8. The third kappa shape index (κ3) is 5.70. The molecule has 27 heavy (non-hydrogen) atoms. The Balaban J connectivity index is 1.54. The van der Waals surface area contributed by atoms with E-state index in [1.807, 2.05) is 54.6 Å². The molecule has 0 unspecified atom stereocenters. The minimum absolute atomic E-state index is 0.311. The molecule has 6 heteroatoms. The largest absolute Gasteiger partial charge is 0.491 e. The first kappa shape index (κ1) is 18.7. The average Bonchev–Trinajstić information content (AvgIpc) is 2.68. The number of ether oxygens (including phenoxy) is 2. The molecule has 0 aliphatic carbocycles. The molecular weight excluding hydrogens is 342 g/mol.